The second kappa shape index (κ2) is 11.3. The monoisotopic (exact) mass is 501 g/mol. The van der Waals surface area contributed by atoms with Gasteiger partial charge in [-0.25, -0.2) is 4.98 Å². The van der Waals surface area contributed by atoms with Gasteiger partial charge in [-0.1, -0.05) is 12.1 Å². The third-order valence-corrected chi connectivity index (χ3v) is 6.09. The Balaban J connectivity index is 0.00000102. The van der Waals surface area contributed by atoms with Gasteiger partial charge in [0, 0.05) is 58.1 Å². The Hall–Kier alpha value is -4.76. The number of fused-ring (bicyclic) bond motifs is 1. The van der Waals surface area contributed by atoms with Crippen molar-refractivity contribution in [1.82, 2.24) is 34.6 Å². The number of nitriles is 1. The van der Waals surface area contributed by atoms with Crippen molar-refractivity contribution in [3.8, 4) is 17.5 Å². The zero-order valence-corrected chi connectivity index (χ0v) is 20.6. The SMILES string of the molecule is CN1CCN(c2cc(C(=O)NCc3ccc(C#N)cc3)nc3cc(-c4ccnn4C)nn23)CC1.O=CO. The second-order valence-corrected chi connectivity index (χ2v) is 8.53. The minimum Gasteiger partial charge on any atom is -0.483 e. The summed E-state index contributed by atoms with van der Waals surface area (Å²) in [6, 6.07) is 14.8. The van der Waals surface area contributed by atoms with Crippen LogP contribution in [0.5, 0.6) is 0 Å². The van der Waals surface area contributed by atoms with Gasteiger partial charge in [0.15, 0.2) is 5.65 Å². The summed E-state index contributed by atoms with van der Waals surface area (Å²) in [7, 11) is 3.98. The van der Waals surface area contributed by atoms with Crippen LogP contribution >= 0.6 is 0 Å². The molecule has 190 valence electrons. The molecule has 1 aromatic carbocycles. The van der Waals surface area contributed by atoms with Gasteiger partial charge in [-0.05, 0) is 30.8 Å². The van der Waals surface area contributed by atoms with Crippen LogP contribution in [0.1, 0.15) is 21.6 Å². The molecule has 1 saturated heterocycles. The molecule has 0 spiro atoms. The number of anilines is 1. The van der Waals surface area contributed by atoms with Gasteiger partial charge in [-0.15, -0.1) is 0 Å². The molecule has 4 aromatic rings. The van der Waals surface area contributed by atoms with Gasteiger partial charge in [-0.2, -0.15) is 20.0 Å². The predicted molar refractivity (Wildman–Crippen MR) is 136 cm³/mol. The molecule has 0 bridgehead atoms. The summed E-state index contributed by atoms with van der Waals surface area (Å²) < 4.78 is 3.58. The Morgan fingerprint density at radius 1 is 1.14 bits per heavy atom. The van der Waals surface area contributed by atoms with Crippen LogP contribution in [0.2, 0.25) is 0 Å². The Bertz CT molecular complexity index is 1430. The number of aryl methyl sites for hydroxylation is 1. The third-order valence-electron chi connectivity index (χ3n) is 6.09. The van der Waals surface area contributed by atoms with Gasteiger partial charge < -0.3 is 20.2 Å². The van der Waals surface area contributed by atoms with Crippen molar-refractivity contribution in [1.29, 1.82) is 5.26 Å². The van der Waals surface area contributed by atoms with E-state index in [1.54, 1.807) is 23.0 Å². The van der Waals surface area contributed by atoms with Gasteiger partial charge in [-0.3, -0.25) is 14.3 Å². The number of carbonyl (C=O) groups excluding carboxylic acids is 1. The Kier molecular flexibility index (Phi) is 7.75. The summed E-state index contributed by atoms with van der Waals surface area (Å²) in [5.41, 5.74) is 4.07. The molecule has 2 N–H and O–H groups in total. The first-order valence-electron chi connectivity index (χ1n) is 11.6. The molecule has 1 amide bonds. The van der Waals surface area contributed by atoms with Gasteiger partial charge >= 0.3 is 0 Å². The minimum atomic E-state index is -0.259. The molecule has 1 aliphatic heterocycles. The minimum absolute atomic E-state index is 0.250. The van der Waals surface area contributed by atoms with E-state index in [-0.39, 0.29) is 12.4 Å². The van der Waals surface area contributed by atoms with E-state index in [4.69, 9.17) is 20.3 Å². The van der Waals surface area contributed by atoms with E-state index in [0.717, 1.165) is 48.9 Å². The van der Waals surface area contributed by atoms with E-state index in [1.165, 1.54) is 0 Å². The lowest BCUT2D eigenvalue weighted by Crippen LogP contribution is -2.45. The lowest BCUT2D eigenvalue weighted by Gasteiger charge is -2.34. The molecule has 12 nitrogen and oxygen atoms in total. The molecule has 4 heterocycles. The highest BCUT2D eigenvalue weighted by atomic mass is 16.3. The van der Waals surface area contributed by atoms with Gasteiger partial charge in [0.2, 0.25) is 0 Å². The summed E-state index contributed by atoms with van der Waals surface area (Å²) in [6.45, 7) is 3.63. The lowest BCUT2D eigenvalue weighted by atomic mass is 10.1. The van der Waals surface area contributed by atoms with Crippen molar-refractivity contribution in [3.63, 3.8) is 0 Å². The largest absolute Gasteiger partial charge is 0.483 e. The maximum absolute atomic E-state index is 13.1. The molecule has 12 heteroatoms. The third kappa shape index (κ3) is 5.74. The van der Waals surface area contributed by atoms with E-state index >= 15 is 0 Å². The number of carbonyl (C=O) groups is 2. The number of hydrogen-bond acceptors (Lipinski definition) is 8. The number of rotatable bonds is 5. The summed E-state index contributed by atoms with van der Waals surface area (Å²) >= 11 is 0. The standard InChI is InChI=1S/C24H25N9O.CH2O2/c1-30-9-11-32(12-10-30)23-14-20(24(34)26-16-18-5-3-17(15-25)4-6-18)28-22-13-19(29-33(22)23)21-7-8-27-31(21)2;2-1-3/h3-8,13-14H,9-12,16H2,1-2H3,(H,26,34);1H,(H,2,3). The van der Waals surface area contributed by atoms with Crippen LogP contribution in [0.4, 0.5) is 5.82 Å². The molecular weight excluding hydrogens is 474 g/mol. The Labute approximate surface area is 213 Å². The van der Waals surface area contributed by atoms with Crippen LogP contribution in [0.25, 0.3) is 17.0 Å². The van der Waals surface area contributed by atoms with Crippen molar-refractivity contribution in [2.24, 2.45) is 7.05 Å². The molecular formula is C25H27N9O3. The van der Waals surface area contributed by atoms with Gasteiger partial charge in [0.1, 0.15) is 17.2 Å². The van der Waals surface area contributed by atoms with E-state index in [0.29, 0.717) is 23.4 Å². The van der Waals surface area contributed by atoms with Gasteiger partial charge in [0.05, 0.1) is 17.3 Å². The van der Waals surface area contributed by atoms with E-state index in [1.807, 2.05) is 41.9 Å². The van der Waals surface area contributed by atoms with Gasteiger partial charge in [0.25, 0.3) is 12.4 Å². The first kappa shape index (κ1) is 25.3. The predicted octanol–water partition coefficient (Wildman–Crippen LogP) is 1.38. The zero-order valence-electron chi connectivity index (χ0n) is 20.6. The molecule has 1 fully saturated rings. The highest BCUT2D eigenvalue weighted by Gasteiger charge is 2.22. The topological polar surface area (TPSA) is 145 Å². The molecule has 0 atom stereocenters. The summed E-state index contributed by atoms with van der Waals surface area (Å²) in [6.07, 6.45) is 1.73. The fourth-order valence-electron chi connectivity index (χ4n) is 4.06. The summed E-state index contributed by atoms with van der Waals surface area (Å²) in [5, 5.41) is 27.8. The summed E-state index contributed by atoms with van der Waals surface area (Å²) in [4.78, 5) is 30.6. The Morgan fingerprint density at radius 2 is 1.84 bits per heavy atom. The maximum atomic E-state index is 13.1. The van der Waals surface area contributed by atoms with E-state index in [9.17, 15) is 4.79 Å². The number of benzene rings is 1. The number of piperazine rings is 1. The lowest BCUT2D eigenvalue weighted by molar-refractivity contribution is -0.122. The van der Waals surface area contributed by atoms with E-state index < -0.39 is 0 Å². The highest BCUT2D eigenvalue weighted by molar-refractivity contribution is 5.93. The van der Waals surface area contributed by atoms with E-state index in [2.05, 4.69) is 38.3 Å². The first-order valence-corrected chi connectivity index (χ1v) is 11.6. The van der Waals surface area contributed by atoms with Crippen LogP contribution in [0, 0.1) is 11.3 Å². The number of amides is 1. The molecule has 0 saturated carbocycles. The van der Waals surface area contributed by atoms with Crippen LogP contribution in [0.3, 0.4) is 0 Å². The zero-order chi connectivity index (χ0) is 26.4. The Morgan fingerprint density at radius 3 is 2.46 bits per heavy atom. The first-order chi connectivity index (χ1) is 17.9. The molecule has 0 unspecified atom stereocenters. The highest BCUT2D eigenvalue weighted by Crippen LogP contribution is 2.24. The van der Waals surface area contributed by atoms with Crippen LogP contribution in [-0.4, -0.2) is 80.0 Å². The number of nitrogens with zero attached hydrogens (tertiary/aromatic N) is 8. The van der Waals surface area contributed by atoms with Crippen molar-refractivity contribution < 1.29 is 14.7 Å². The average molecular weight is 502 g/mol. The number of nitrogens with one attached hydrogen (secondary N) is 1. The van der Waals surface area contributed by atoms with Crippen molar-refractivity contribution in [3.05, 3.63) is 65.5 Å². The second-order valence-electron chi connectivity index (χ2n) is 8.53. The molecule has 1 aliphatic rings. The fourth-order valence-corrected chi connectivity index (χ4v) is 4.06. The van der Waals surface area contributed by atoms with Crippen LogP contribution in [-0.2, 0) is 18.4 Å². The fraction of sp³-hybridized carbons (Fsp3) is 0.280. The normalized spacial score (nSPS) is 13.5. The van der Waals surface area contributed by atoms with Crippen molar-refractivity contribution in [2.45, 2.75) is 6.54 Å². The number of hydrogen-bond donors (Lipinski definition) is 2. The number of aromatic nitrogens is 5. The van der Waals surface area contributed by atoms with Crippen molar-refractivity contribution in [2.75, 3.05) is 38.1 Å². The smallest absolute Gasteiger partial charge is 0.290 e. The maximum Gasteiger partial charge on any atom is 0.290 e. The number of likely N-dealkylation sites (N-methyl/N-ethyl adjacent to an activating group) is 1. The molecule has 3 aromatic heterocycles. The average Bonchev–Trinajstić information content (AvgIpc) is 3.53. The molecule has 0 aliphatic carbocycles. The molecule has 37 heavy (non-hydrogen) atoms. The quantitative estimate of drug-likeness (QED) is 0.387. The molecule has 5 rings (SSSR count). The van der Waals surface area contributed by atoms with Crippen molar-refractivity contribution >= 4 is 23.8 Å². The summed E-state index contributed by atoms with van der Waals surface area (Å²) in [5.74, 6) is 0.584. The molecule has 0 radical (unpaired) electrons. The number of carboxylic acid groups (broad SMARTS) is 1. The van der Waals surface area contributed by atoms with Crippen LogP contribution < -0.4 is 10.2 Å². The van der Waals surface area contributed by atoms with Crippen LogP contribution in [0.15, 0.2) is 48.7 Å².